The first-order valence-corrected chi connectivity index (χ1v) is 5.70. The number of para-hydroxylation sites is 1. The van der Waals surface area contributed by atoms with E-state index in [1.165, 1.54) is 0 Å². The van der Waals surface area contributed by atoms with E-state index in [-0.39, 0.29) is 0 Å². The first-order chi connectivity index (χ1) is 7.77. The van der Waals surface area contributed by atoms with Gasteiger partial charge >= 0.3 is 0 Å². The summed E-state index contributed by atoms with van der Waals surface area (Å²) in [6, 6.07) is 7.95. The lowest BCUT2D eigenvalue weighted by Gasteiger charge is -1.95. The van der Waals surface area contributed by atoms with Crippen molar-refractivity contribution in [3.63, 3.8) is 0 Å². The molecule has 0 fully saturated rings. The van der Waals surface area contributed by atoms with E-state index in [0.29, 0.717) is 0 Å². The number of benzene rings is 1. The number of halogens is 1. The Hall–Kier alpha value is -1.55. The predicted molar refractivity (Wildman–Crippen MR) is 66.1 cm³/mol. The summed E-state index contributed by atoms with van der Waals surface area (Å²) in [5.41, 5.74) is 2.81. The number of nitrogens with zero attached hydrogens (tertiary/aromatic N) is 2. The van der Waals surface area contributed by atoms with Crippen molar-refractivity contribution in [2.24, 2.45) is 7.05 Å². The van der Waals surface area contributed by atoms with Crippen molar-refractivity contribution in [1.29, 1.82) is 0 Å². The van der Waals surface area contributed by atoms with Crippen LogP contribution >= 0.6 is 15.9 Å². The normalized spacial score (nSPS) is 11.1. The van der Waals surface area contributed by atoms with Gasteiger partial charge in [-0.3, -0.25) is 0 Å². The van der Waals surface area contributed by atoms with Crippen LogP contribution in [0.2, 0.25) is 0 Å². The van der Waals surface area contributed by atoms with E-state index >= 15 is 0 Å². The number of hydrogen-bond donors (Lipinski definition) is 0. The highest BCUT2D eigenvalue weighted by atomic mass is 79.9. The van der Waals surface area contributed by atoms with Crippen molar-refractivity contribution >= 4 is 26.9 Å². The lowest BCUT2D eigenvalue weighted by Crippen LogP contribution is -1.83. The number of furan rings is 1. The first kappa shape index (κ1) is 9.66. The molecule has 0 atom stereocenters. The van der Waals surface area contributed by atoms with Gasteiger partial charge in [-0.15, -0.1) is 0 Å². The van der Waals surface area contributed by atoms with Crippen LogP contribution in [0.1, 0.15) is 0 Å². The molecule has 0 amide bonds. The Bertz CT molecular complexity index is 654. The molecule has 3 nitrogen and oxygen atoms in total. The van der Waals surface area contributed by atoms with Gasteiger partial charge in [0.15, 0.2) is 0 Å². The lowest BCUT2D eigenvalue weighted by atomic mass is 10.1. The number of imidazole rings is 1. The molecule has 0 aliphatic rings. The van der Waals surface area contributed by atoms with Crippen LogP contribution in [0.4, 0.5) is 0 Å². The predicted octanol–water partition coefficient (Wildman–Crippen LogP) is 3.60. The molecule has 3 rings (SSSR count). The zero-order chi connectivity index (χ0) is 11.1. The van der Waals surface area contributed by atoms with Crippen LogP contribution in [0.5, 0.6) is 0 Å². The van der Waals surface area contributed by atoms with Crippen LogP contribution < -0.4 is 0 Å². The van der Waals surface area contributed by atoms with Gasteiger partial charge in [0, 0.05) is 18.0 Å². The third kappa shape index (κ3) is 1.30. The minimum absolute atomic E-state index is 0.884. The molecule has 0 aliphatic carbocycles. The minimum Gasteiger partial charge on any atom is -0.464 e. The summed E-state index contributed by atoms with van der Waals surface area (Å²) in [4.78, 5) is 4.36. The summed E-state index contributed by atoms with van der Waals surface area (Å²) in [7, 11) is 1.95. The smallest absolute Gasteiger partial charge is 0.134 e. The Morgan fingerprint density at radius 1 is 1.31 bits per heavy atom. The Labute approximate surface area is 101 Å². The van der Waals surface area contributed by atoms with Crippen LogP contribution in [0.15, 0.2) is 45.9 Å². The van der Waals surface area contributed by atoms with Crippen molar-refractivity contribution in [3.05, 3.63) is 41.5 Å². The Kier molecular flexibility index (Phi) is 2.11. The van der Waals surface area contributed by atoms with Gasteiger partial charge in [-0.05, 0) is 22.0 Å². The van der Waals surface area contributed by atoms with Crippen LogP contribution in [-0.2, 0) is 7.05 Å². The van der Waals surface area contributed by atoms with Gasteiger partial charge in [-0.2, -0.15) is 0 Å². The number of aryl methyl sites for hydroxylation is 1. The molecule has 0 radical (unpaired) electrons. The fraction of sp³-hybridized carbons (Fsp3) is 0.0833. The van der Waals surface area contributed by atoms with Crippen molar-refractivity contribution in [2.45, 2.75) is 0 Å². The quantitative estimate of drug-likeness (QED) is 0.680. The van der Waals surface area contributed by atoms with Gasteiger partial charge in [0.1, 0.15) is 22.1 Å². The first-order valence-electron chi connectivity index (χ1n) is 4.91. The van der Waals surface area contributed by atoms with Gasteiger partial charge in [0.05, 0.1) is 6.33 Å². The van der Waals surface area contributed by atoms with E-state index < -0.39 is 0 Å². The number of fused-ring (bicyclic) bond motifs is 1. The maximum atomic E-state index is 5.50. The van der Waals surface area contributed by atoms with E-state index in [0.717, 1.165) is 26.8 Å². The summed E-state index contributed by atoms with van der Waals surface area (Å²) in [6.45, 7) is 0. The number of rotatable bonds is 1. The molecular weight excluding hydrogens is 268 g/mol. The van der Waals surface area contributed by atoms with E-state index in [1.54, 1.807) is 12.6 Å². The van der Waals surface area contributed by atoms with Gasteiger partial charge in [0.2, 0.25) is 0 Å². The average Bonchev–Trinajstić information content (AvgIpc) is 2.85. The second kappa shape index (κ2) is 3.49. The minimum atomic E-state index is 0.884. The summed E-state index contributed by atoms with van der Waals surface area (Å²) in [5.74, 6) is 0. The lowest BCUT2D eigenvalue weighted by molar-refractivity contribution is 0.617. The van der Waals surface area contributed by atoms with E-state index in [2.05, 4.69) is 20.9 Å². The molecule has 2 heterocycles. The molecule has 0 saturated heterocycles. The molecule has 0 aliphatic heterocycles. The van der Waals surface area contributed by atoms with Crippen LogP contribution in [0.3, 0.4) is 0 Å². The maximum Gasteiger partial charge on any atom is 0.134 e. The second-order valence-corrected chi connectivity index (χ2v) is 4.39. The molecule has 1 aromatic carbocycles. The molecular formula is C12H9BrN2O. The van der Waals surface area contributed by atoms with Crippen molar-refractivity contribution < 1.29 is 4.42 Å². The second-order valence-electron chi connectivity index (χ2n) is 3.64. The highest BCUT2D eigenvalue weighted by molar-refractivity contribution is 9.10. The largest absolute Gasteiger partial charge is 0.464 e. The molecule has 4 heteroatoms. The van der Waals surface area contributed by atoms with Crippen molar-refractivity contribution in [3.8, 4) is 11.3 Å². The molecule has 80 valence electrons. The summed E-state index contributed by atoms with van der Waals surface area (Å²) < 4.78 is 8.38. The van der Waals surface area contributed by atoms with Crippen LogP contribution in [0, 0.1) is 0 Å². The Balaban J connectivity index is 2.30. The fourth-order valence-corrected chi connectivity index (χ4v) is 2.16. The van der Waals surface area contributed by atoms with Crippen LogP contribution in [-0.4, -0.2) is 9.55 Å². The molecule has 0 saturated carbocycles. The summed E-state index contributed by atoms with van der Waals surface area (Å²) in [6.07, 6.45) is 3.53. The van der Waals surface area contributed by atoms with E-state index in [4.69, 9.17) is 4.42 Å². The molecule has 0 N–H and O–H groups in total. The summed E-state index contributed by atoms with van der Waals surface area (Å²) >= 11 is 3.52. The highest BCUT2D eigenvalue weighted by Crippen LogP contribution is 2.33. The van der Waals surface area contributed by atoms with E-state index in [9.17, 15) is 0 Å². The third-order valence-electron chi connectivity index (χ3n) is 2.60. The topological polar surface area (TPSA) is 31.0 Å². The Morgan fingerprint density at radius 3 is 2.88 bits per heavy atom. The molecule has 3 aromatic rings. The monoisotopic (exact) mass is 276 g/mol. The maximum absolute atomic E-state index is 5.50. The molecule has 2 aromatic heterocycles. The van der Waals surface area contributed by atoms with Gasteiger partial charge in [-0.1, -0.05) is 18.2 Å². The number of hydrogen-bond acceptors (Lipinski definition) is 2. The van der Waals surface area contributed by atoms with E-state index in [1.807, 2.05) is 35.9 Å². The van der Waals surface area contributed by atoms with Gasteiger partial charge < -0.3 is 8.98 Å². The fourth-order valence-electron chi connectivity index (χ4n) is 1.76. The number of aromatic nitrogens is 2. The van der Waals surface area contributed by atoms with Gasteiger partial charge in [0.25, 0.3) is 0 Å². The zero-order valence-corrected chi connectivity index (χ0v) is 10.2. The Morgan fingerprint density at radius 2 is 2.12 bits per heavy atom. The van der Waals surface area contributed by atoms with Crippen molar-refractivity contribution in [2.75, 3.05) is 0 Å². The highest BCUT2D eigenvalue weighted by Gasteiger charge is 2.13. The third-order valence-corrected chi connectivity index (χ3v) is 3.54. The SMILES string of the molecule is Cn1cnc(-c2coc3ccccc23)c1Br. The molecule has 0 spiro atoms. The molecule has 0 bridgehead atoms. The zero-order valence-electron chi connectivity index (χ0n) is 8.64. The van der Waals surface area contributed by atoms with Gasteiger partial charge in [-0.25, -0.2) is 4.98 Å². The molecule has 16 heavy (non-hydrogen) atoms. The standard InChI is InChI=1S/C12H9BrN2O/c1-15-7-14-11(12(15)13)9-6-16-10-5-3-2-4-8(9)10/h2-7H,1H3. The van der Waals surface area contributed by atoms with Crippen LogP contribution in [0.25, 0.3) is 22.2 Å². The summed E-state index contributed by atoms with van der Waals surface area (Å²) in [5, 5.41) is 1.09. The van der Waals surface area contributed by atoms with Crippen molar-refractivity contribution in [1.82, 2.24) is 9.55 Å². The average molecular weight is 277 g/mol. The molecule has 0 unspecified atom stereocenters.